The van der Waals surface area contributed by atoms with Crippen molar-refractivity contribution in [2.75, 3.05) is 0 Å². The van der Waals surface area contributed by atoms with Crippen molar-refractivity contribution in [3.63, 3.8) is 0 Å². The summed E-state index contributed by atoms with van der Waals surface area (Å²) >= 11 is 1.82. The number of oxazole rings is 1. The third-order valence-electron chi connectivity index (χ3n) is 6.53. The highest BCUT2D eigenvalue weighted by molar-refractivity contribution is 7.09. The summed E-state index contributed by atoms with van der Waals surface area (Å²) in [6, 6.07) is 0. The van der Waals surface area contributed by atoms with Gasteiger partial charge >= 0.3 is 0 Å². The van der Waals surface area contributed by atoms with E-state index in [-0.39, 0.29) is 10.8 Å². The first-order chi connectivity index (χ1) is 11.8. The lowest BCUT2D eigenvalue weighted by Gasteiger charge is -2.45. The average Bonchev–Trinajstić information content (AvgIpc) is 3.07. The van der Waals surface area contributed by atoms with Gasteiger partial charge in [-0.3, -0.25) is 0 Å². The molecule has 2 aromatic rings. The van der Waals surface area contributed by atoms with Gasteiger partial charge in [0.1, 0.15) is 5.76 Å². The molecule has 1 aliphatic carbocycles. The second kappa shape index (κ2) is 6.86. The Morgan fingerprint density at radius 3 is 2.08 bits per heavy atom. The predicted molar refractivity (Wildman–Crippen MR) is 104 cm³/mol. The number of rotatable bonds is 4. The molecule has 1 saturated carbocycles. The van der Waals surface area contributed by atoms with Crippen LogP contribution in [0, 0.1) is 25.7 Å². The van der Waals surface area contributed by atoms with E-state index in [1.807, 2.05) is 16.8 Å². The van der Waals surface area contributed by atoms with Crippen molar-refractivity contribution in [3.05, 3.63) is 33.9 Å². The van der Waals surface area contributed by atoms with Crippen molar-refractivity contribution in [1.29, 1.82) is 0 Å². The van der Waals surface area contributed by atoms with Crippen molar-refractivity contribution >= 4 is 11.3 Å². The van der Waals surface area contributed by atoms with E-state index in [0.717, 1.165) is 11.5 Å². The molecule has 25 heavy (non-hydrogen) atoms. The second-order valence-corrected chi connectivity index (χ2v) is 9.68. The summed E-state index contributed by atoms with van der Waals surface area (Å²) in [4.78, 5) is 10.4. The average molecular weight is 361 g/mol. The van der Waals surface area contributed by atoms with Gasteiger partial charge in [0.2, 0.25) is 0 Å². The molecule has 0 aliphatic heterocycles. The van der Waals surface area contributed by atoms with Crippen molar-refractivity contribution in [2.45, 2.75) is 84.5 Å². The van der Waals surface area contributed by atoms with Gasteiger partial charge in [-0.05, 0) is 38.5 Å². The maximum atomic E-state index is 5.88. The van der Waals surface area contributed by atoms with Gasteiger partial charge in [-0.2, -0.15) is 0 Å². The van der Waals surface area contributed by atoms with Gasteiger partial charge in [-0.25, -0.2) is 9.97 Å². The highest BCUT2D eigenvalue weighted by atomic mass is 32.1. The van der Waals surface area contributed by atoms with Crippen LogP contribution in [-0.4, -0.2) is 9.97 Å². The molecule has 2 heterocycles. The van der Waals surface area contributed by atoms with Crippen LogP contribution in [0.5, 0.6) is 0 Å². The van der Waals surface area contributed by atoms with E-state index in [1.54, 1.807) is 6.39 Å². The van der Waals surface area contributed by atoms with Crippen LogP contribution in [0.15, 0.2) is 16.3 Å². The summed E-state index contributed by atoms with van der Waals surface area (Å²) in [5.74, 6) is 2.27. The molecule has 2 atom stereocenters. The van der Waals surface area contributed by atoms with Gasteiger partial charge in [-0.1, -0.05) is 47.0 Å². The number of hydrogen-bond acceptors (Lipinski definition) is 4. The van der Waals surface area contributed by atoms with Crippen LogP contribution in [0.2, 0.25) is 0 Å². The molecule has 4 heteroatoms. The first-order valence-corrected chi connectivity index (χ1v) is 10.5. The first kappa shape index (κ1) is 18.6. The highest BCUT2D eigenvalue weighted by Gasteiger charge is 2.47. The quantitative estimate of drug-likeness (QED) is 0.609. The van der Waals surface area contributed by atoms with Gasteiger partial charge in [-0.15, -0.1) is 11.3 Å². The van der Waals surface area contributed by atoms with Crippen LogP contribution < -0.4 is 0 Å². The van der Waals surface area contributed by atoms with E-state index in [1.165, 1.54) is 42.7 Å². The summed E-state index contributed by atoms with van der Waals surface area (Å²) < 4.78 is 5.88. The van der Waals surface area contributed by atoms with Crippen LogP contribution in [-0.2, 0) is 10.8 Å². The Hall–Kier alpha value is -1.16. The fraction of sp³-hybridized carbons (Fsp3) is 0.714. The van der Waals surface area contributed by atoms with E-state index >= 15 is 0 Å². The molecule has 3 rings (SSSR count). The summed E-state index contributed by atoms with van der Waals surface area (Å²) in [5, 5.41) is 0. The second-order valence-electron chi connectivity index (χ2n) is 8.83. The maximum absolute atomic E-state index is 5.88. The van der Waals surface area contributed by atoms with Gasteiger partial charge in [0.15, 0.2) is 6.39 Å². The number of thiazole rings is 1. The molecule has 0 bridgehead atoms. The largest absolute Gasteiger partial charge is 0.448 e. The van der Waals surface area contributed by atoms with Crippen LogP contribution in [0.1, 0.15) is 81.8 Å². The highest BCUT2D eigenvalue weighted by Crippen LogP contribution is 2.51. The Kier molecular flexibility index (Phi) is 5.11. The minimum atomic E-state index is -0.00848. The molecular weight excluding hydrogens is 328 g/mol. The number of hydrogen-bond donors (Lipinski definition) is 0. The normalized spacial score (nSPS) is 22.8. The maximum Gasteiger partial charge on any atom is 0.181 e. The molecule has 3 nitrogen and oxygen atoms in total. The van der Waals surface area contributed by atoms with E-state index in [9.17, 15) is 0 Å². The summed E-state index contributed by atoms with van der Waals surface area (Å²) in [6.45, 7) is 13.8. The molecule has 0 saturated heterocycles. The van der Waals surface area contributed by atoms with Gasteiger partial charge in [0.25, 0.3) is 0 Å². The Bertz CT molecular complexity index is 653. The molecule has 0 N–H and O–H groups in total. The van der Waals surface area contributed by atoms with Crippen LogP contribution in [0.25, 0.3) is 0 Å². The lowest BCUT2D eigenvalue weighted by molar-refractivity contribution is 0.117. The molecule has 138 valence electrons. The SMILES string of the molecule is Cc1ncoc1C(C)(C)[C@@H]1CCCCC[C@@H]1C(C)(C)c1scnc1C. The van der Waals surface area contributed by atoms with E-state index < -0.39 is 0 Å². The number of aromatic nitrogens is 2. The fourth-order valence-electron chi connectivity index (χ4n) is 5.21. The predicted octanol–water partition coefficient (Wildman–Crippen LogP) is 6.20. The Balaban J connectivity index is 2.03. The van der Waals surface area contributed by atoms with Crippen LogP contribution in [0.3, 0.4) is 0 Å². The summed E-state index contributed by atoms with van der Waals surface area (Å²) in [7, 11) is 0. The Morgan fingerprint density at radius 2 is 1.56 bits per heavy atom. The topological polar surface area (TPSA) is 38.9 Å². The first-order valence-electron chi connectivity index (χ1n) is 9.57. The fourth-order valence-corrected chi connectivity index (χ4v) is 6.21. The van der Waals surface area contributed by atoms with Crippen molar-refractivity contribution < 1.29 is 4.42 Å². The molecule has 1 aliphatic rings. The minimum absolute atomic E-state index is 0.00848. The Morgan fingerprint density at radius 1 is 0.920 bits per heavy atom. The zero-order chi connectivity index (χ0) is 18.2. The zero-order valence-corrected chi connectivity index (χ0v) is 17.4. The lowest BCUT2D eigenvalue weighted by Crippen LogP contribution is -2.42. The van der Waals surface area contributed by atoms with Crippen molar-refractivity contribution in [2.24, 2.45) is 11.8 Å². The molecule has 0 aromatic carbocycles. The number of nitrogens with zero attached hydrogens (tertiary/aromatic N) is 2. The molecule has 0 unspecified atom stereocenters. The van der Waals surface area contributed by atoms with E-state index in [2.05, 4.69) is 51.5 Å². The van der Waals surface area contributed by atoms with E-state index in [0.29, 0.717) is 11.8 Å². The standard InChI is InChI=1S/C21H32N2OS/c1-14-18(24-12-22-14)20(3,4)16-10-8-7-9-11-17(16)21(5,6)19-15(2)23-13-25-19/h12-13,16-17H,7-11H2,1-6H3/t16-,17+/m1/s1. The molecule has 1 fully saturated rings. The van der Waals surface area contributed by atoms with Gasteiger partial charge in [0, 0.05) is 15.7 Å². The Labute approximate surface area is 156 Å². The molecule has 2 aromatic heterocycles. The lowest BCUT2D eigenvalue weighted by atomic mass is 9.59. The zero-order valence-electron chi connectivity index (χ0n) is 16.6. The third kappa shape index (κ3) is 3.30. The van der Waals surface area contributed by atoms with Crippen LogP contribution >= 0.6 is 11.3 Å². The molecule has 0 radical (unpaired) electrons. The molecular formula is C21H32N2OS. The molecule has 0 amide bonds. The van der Waals surface area contributed by atoms with Crippen molar-refractivity contribution in [1.82, 2.24) is 9.97 Å². The van der Waals surface area contributed by atoms with Gasteiger partial charge < -0.3 is 4.42 Å². The third-order valence-corrected chi connectivity index (χ3v) is 7.80. The monoisotopic (exact) mass is 360 g/mol. The smallest absolute Gasteiger partial charge is 0.181 e. The van der Waals surface area contributed by atoms with Crippen LogP contribution in [0.4, 0.5) is 0 Å². The minimum Gasteiger partial charge on any atom is -0.448 e. The van der Waals surface area contributed by atoms with Gasteiger partial charge in [0.05, 0.1) is 16.9 Å². The van der Waals surface area contributed by atoms with Crippen molar-refractivity contribution in [3.8, 4) is 0 Å². The summed E-state index contributed by atoms with van der Waals surface area (Å²) in [6.07, 6.45) is 8.14. The summed E-state index contributed by atoms with van der Waals surface area (Å²) in [5.41, 5.74) is 4.37. The number of aryl methyl sites for hydroxylation is 2. The van der Waals surface area contributed by atoms with E-state index in [4.69, 9.17) is 4.42 Å². The molecule has 0 spiro atoms.